The lowest BCUT2D eigenvalue weighted by atomic mass is 10.1. The normalized spacial score (nSPS) is 17.8. The average molecular weight is 235 g/mol. The van der Waals surface area contributed by atoms with Crippen LogP contribution in [0.1, 0.15) is 11.6 Å². The molecule has 6 nitrogen and oxygen atoms in total. The second-order valence-electron chi connectivity index (χ2n) is 3.96. The van der Waals surface area contributed by atoms with Gasteiger partial charge in [0, 0.05) is 38.6 Å². The molecule has 2 heterocycles. The molecule has 0 aliphatic carbocycles. The molecule has 0 saturated carbocycles. The van der Waals surface area contributed by atoms with E-state index in [0.717, 1.165) is 31.7 Å². The maximum absolute atomic E-state index is 12.3. The van der Waals surface area contributed by atoms with Crippen molar-refractivity contribution in [3.05, 3.63) is 30.1 Å². The van der Waals surface area contributed by atoms with Crippen molar-refractivity contribution in [1.29, 1.82) is 0 Å². The first-order valence-corrected chi connectivity index (χ1v) is 5.68. The summed E-state index contributed by atoms with van der Waals surface area (Å²) in [5, 5.41) is 3.21. The van der Waals surface area contributed by atoms with E-state index in [1.807, 2.05) is 4.90 Å². The fourth-order valence-corrected chi connectivity index (χ4v) is 1.93. The van der Waals surface area contributed by atoms with E-state index in [1.54, 1.807) is 24.5 Å². The number of aromatic nitrogens is 1. The van der Waals surface area contributed by atoms with E-state index >= 15 is 0 Å². The number of piperazine rings is 1. The highest BCUT2D eigenvalue weighted by Crippen LogP contribution is 2.14. The Labute approximate surface area is 100 Å². The van der Waals surface area contributed by atoms with Crippen LogP contribution in [0.5, 0.6) is 0 Å². The molecule has 0 radical (unpaired) electrons. The van der Waals surface area contributed by atoms with Gasteiger partial charge in [0.15, 0.2) is 0 Å². The molecule has 0 spiro atoms. The van der Waals surface area contributed by atoms with Gasteiger partial charge in [0.2, 0.25) is 5.91 Å². The Kier molecular flexibility index (Phi) is 4.03. The quantitative estimate of drug-likeness (QED) is 0.463. The van der Waals surface area contributed by atoms with Crippen molar-refractivity contribution in [3.8, 4) is 0 Å². The lowest BCUT2D eigenvalue weighted by molar-refractivity contribution is -0.134. The van der Waals surface area contributed by atoms with Gasteiger partial charge in [-0.15, -0.1) is 0 Å². The summed E-state index contributed by atoms with van der Waals surface area (Å²) in [4.78, 5) is 18.0. The van der Waals surface area contributed by atoms with E-state index in [2.05, 4.69) is 15.7 Å². The number of hydrazine groups is 1. The van der Waals surface area contributed by atoms with Crippen LogP contribution in [-0.4, -0.2) is 42.0 Å². The molecule has 1 unspecified atom stereocenters. The van der Waals surface area contributed by atoms with Gasteiger partial charge in [-0.1, -0.05) is 0 Å². The molecule has 2 rings (SSSR count). The maximum atomic E-state index is 12.3. The summed E-state index contributed by atoms with van der Waals surface area (Å²) in [6.45, 7) is 3.11. The number of hydrogen-bond acceptors (Lipinski definition) is 5. The van der Waals surface area contributed by atoms with Crippen molar-refractivity contribution in [3.63, 3.8) is 0 Å². The van der Waals surface area contributed by atoms with Gasteiger partial charge in [-0.3, -0.25) is 15.6 Å². The van der Waals surface area contributed by atoms with Gasteiger partial charge < -0.3 is 10.2 Å². The molecule has 1 saturated heterocycles. The zero-order valence-corrected chi connectivity index (χ0v) is 9.60. The summed E-state index contributed by atoms with van der Waals surface area (Å²) in [5.41, 5.74) is 3.41. The van der Waals surface area contributed by atoms with E-state index in [-0.39, 0.29) is 5.91 Å². The monoisotopic (exact) mass is 235 g/mol. The Morgan fingerprint density at radius 3 is 2.65 bits per heavy atom. The van der Waals surface area contributed by atoms with Crippen LogP contribution in [-0.2, 0) is 4.79 Å². The number of nitrogens with one attached hydrogen (secondary N) is 2. The Hall–Kier alpha value is -1.50. The molecule has 6 heteroatoms. The fraction of sp³-hybridized carbons (Fsp3) is 0.455. The Morgan fingerprint density at radius 1 is 1.41 bits per heavy atom. The van der Waals surface area contributed by atoms with Gasteiger partial charge in [0.1, 0.15) is 6.04 Å². The zero-order chi connectivity index (χ0) is 12.1. The van der Waals surface area contributed by atoms with Crippen molar-refractivity contribution in [2.75, 3.05) is 26.2 Å². The molecular formula is C11H17N5O. The van der Waals surface area contributed by atoms with Crippen LogP contribution in [0.15, 0.2) is 24.5 Å². The number of pyridine rings is 1. The van der Waals surface area contributed by atoms with Crippen LogP contribution in [0.3, 0.4) is 0 Å². The van der Waals surface area contributed by atoms with Gasteiger partial charge in [0.25, 0.3) is 0 Å². The minimum Gasteiger partial charge on any atom is -0.338 e. The number of rotatable bonds is 3. The van der Waals surface area contributed by atoms with Crippen LogP contribution in [0.4, 0.5) is 0 Å². The molecule has 1 aliphatic rings. The van der Waals surface area contributed by atoms with Crippen LogP contribution in [0.2, 0.25) is 0 Å². The van der Waals surface area contributed by atoms with E-state index in [9.17, 15) is 4.79 Å². The number of nitrogens with two attached hydrogens (primary N) is 1. The van der Waals surface area contributed by atoms with Crippen LogP contribution in [0, 0.1) is 0 Å². The van der Waals surface area contributed by atoms with Crippen molar-refractivity contribution >= 4 is 5.91 Å². The third kappa shape index (κ3) is 2.79. The molecule has 1 aromatic heterocycles. The van der Waals surface area contributed by atoms with E-state index in [0.29, 0.717) is 0 Å². The molecule has 1 atom stereocenters. The van der Waals surface area contributed by atoms with Crippen molar-refractivity contribution in [2.45, 2.75) is 6.04 Å². The van der Waals surface area contributed by atoms with Gasteiger partial charge in [0.05, 0.1) is 0 Å². The maximum Gasteiger partial charge on any atom is 0.245 e. The molecule has 4 N–H and O–H groups in total. The first-order valence-electron chi connectivity index (χ1n) is 5.68. The number of hydrogen-bond donors (Lipinski definition) is 3. The second-order valence-corrected chi connectivity index (χ2v) is 3.96. The Bertz CT molecular complexity index is 363. The van der Waals surface area contributed by atoms with E-state index in [4.69, 9.17) is 5.84 Å². The van der Waals surface area contributed by atoms with Crippen molar-refractivity contribution in [1.82, 2.24) is 20.6 Å². The minimum absolute atomic E-state index is 0.0141. The molecule has 0 bridgehead atoms. The summed E-state index contributed by atoms with van der Waals surface area (Å²) in [5.74, 6) is 5.49. The number of nitrogens with zero attached hydrogens (tertiary/aromatic N) is 2. The molecule has 92 valence electrons. The van der Waals surface area contributed by atoms with Gasteiger partial charge in [-0.2, -0.15) is 0 Å². The molecule has 17 heavy (non-hydrogen) atoms. The zero-order valence-electron chi connectivity index (χ0n) is 9.60. The fourth-order valence-electron chi connectivity index (χ4n) is 1.93. The van der Waals surface area contributed by atoms with Crippen LogP contribution < -0.4 is 16.6 Å². The molecule has 1 amide bonds. The molecule has 1 fully saturated rings. The third-order valence-electron chi connectivity index (χ3n) is 2.88. The minimum atomic E-state index is -0.490. The van der Waals surface area contributed by atoms with Crippen LogP contribution >= 0.6 is 0 Å². The van der Waals surface area contributed by atoms with Crippen molar-refractivity contribution < 1.29 is 4.79 Å². The lowest BCUT2D eigenvalue weighted by Gasteiger charge is -2.30. The Morgan fingerprint density at radius 2 is 2.06 bits per heavy atom. The second kappa shape index (κ2) is 5.72. The summed E-state index contributed by atoms with van der Waals surface area (Å²) >= 11 is 0. The largest absolute Gasteiger partial charge is 0.338 e. The highest BCUT2D eigenvalue weighted by molar-refractivity contribution is 5.83. The number of carbonyl (C=O) groups is 1. The molecule has 0 aromatic carbocycles. The van der Waals surface area contributed by atoms with E-state index in [1.165, 1.54) is 0 Å². The average Bonchev–Trinajstić information content (AvgIpc) is 2.42. The van der Waals surface area contributed by atoms with Crippen LogP contribution in [0.25, 0.3) is 0 Å². The molecule has 1 aliphatic heterocycles. The highest BCUT2D eigenvalue weighted by atomic mass is 16.2. The smallest absolute Gasteiger partial charge is 0.245 e. The predicted molar refractivity (Wildman–Crippen MR) is 63.8 cm³/mol. The Balaban J connectivity index is 2.10. The third-order valence-corrected chi connectivity index (χ3v) is 2.88. The summed E-state index contributed by atoms with van der Waals surface area (Å²) in [6, 6.07) is 3.10. The van der Waals surface area contributed by atoms with Gasteiger partial charge in [-0.05, 0) is 17.7 Å². The number of amides is 1. The van der Waals surface area contributed by atoms with Crippen molar-refractivity contribution in [2.24, 2.45) is 5.84 Å². The molecular weight excluding hydrogens is 218 g/mol. The SMILES string of the molecule is NNC(C(=O)N1CCNCC1)c1ccncc1. The number of carbonyl (C=O) groups excluding carboxylic acids is 1. The lowest BCUT2D eigenvalue weighted by Crippen LogP contribution is -2.51. The topological polar surface area (TPSA) is 83.3 Å². The summed E-state index contributed by atoms with van der Waals surface area (Å²) in [6.07, 6.45) is 3.31. The van der Waals surface area contributed by atoms with E-state index < -0.39 is 6.04 Å². The standard InChI is InChI=1S/C11H17N5O/c12-15-10(9-1-3-13-4-2-9)11(17)16-7-5-14-6-8-16/h1-4,10,14-15H,5-8,12H2. The first-order chi connectivity index (χ1) is 8.33. The first kappa shape index (κ1) is 12.0. The highest BCUT2D eigenvalue weighted by Gasteiger charge is 2.25. The predicted octanol–water partition coefficient (Wildman–Crippen LogP) is -0.982. The van der Waals surface area contributed by atoms with Gasteiger partial charge in [-0.25, -0.2) is 5.43 Å². The molecule has 1 aromatic rings. The summed E-state index contributed by atoms with van der Waals surface area (Å²) < 4.78 is 0. The van der Waals surface area contributed by atoms with Gasteiger partial charge >= 0.3 is 0 Å². The summed E-state index contributed by atoms with van der Waals surface area (Å²) in [7, 11) is 0.